The van der Waals surface area contributed by atoms with Gasteiger partial charge in [-0.15, -0.1) is 0 Å². The minimum atomic E-state index is -2.06. The summed E-state index contributed by atoms with van der Waals surface area (Å²) < 4.78 is 25.2. The minimum absolute atomic E-state index is 0.173. The van der Waals surface area contributed by atoms with Gasteiger partial charge in [-0.2, -0.15) is 0 Å². The van der Waals surface area contributed by atoms with Crippen LogP contribution in [-0.2, 0) is 15.9 Å². The van der Waals surface area contributed by atoms with Crippen LogP contribution in [0.25, 0.3) is 0 Å². The SMILES string of the molecule is CC1Oc2ccc(S(=O)O)cc2N(C)C1=O. The lowest BCUT2D eigenvalue weighted by atomic mass is 10.2. The van der Waals surface area contributed by atoms with Crippen molar-refractivity contribution in [3.63, 3.8) is 0 Å². The zero-order chi connectivity index (χ0) is 11.9. The van der Waals surface area contributed by atoms with Crippen LogP contribution < -0.4 is 9.64 Å². The van der Waals surface area contributed by atoms with Crippen molar-refractivity contribution >= 4 is 22.7 Å². The molecule has 2 unspecified atom stereocenters. The number of amides is 1. The molecule has 1 aliphatic heterocycles. The number of fused-ring (bicyclic) bond motifs is 1. The highest BCUT2D eigenvalue weighted by molar-refractivity contribution is 7.79. The fraction of sp³-hybridized carbons (Fsp3) is 0.300. The third kappa shape index (κ3) is 1.70. The van der Waals surface area contributed by atoms with Gasteiger partial charge in [0.1, 0.15) is 5.75 Å². The molecule has 1 aliphatic rings. The highest BCUT2D eigenvalue weighted by atomic mass is 32.2. The standard InChI is InChI=1S/C10H11NO4S/c1-6-10(12)11(2)8-5-7(16(13)14)3-4-9(8)15-6/h3-6H,1-2H3,(H,13,14). The van der Waals surface area contributed by atoms with Crippen LogP contribution in [0.2, 0.25) is 0 Å². The van der Waals surface area contributed by atoms with Gasteiger partial charge in [-0.05, 0) is 25.1 Å². The second-order valence-corrected chi connectivity index (χ2v) is 4.51. The normalized spacial score (nSPS) is 21.3. The van der Waals surface area contributed by atoms with Crippen LogP contribution in [0.3, 0.4) is 0 Å². The van der Waals surface area contributed by atoms with Crippen molar-refractivity contribution in [3.05, 3.63) is 18.2 Å². The molecule has 0 saturated carbocycles. The molecule has 86 valence electrons. The van der Waals surface area contributed by atoms with Crippen LogP contribution in [0.15, 0.2) is 23.1 Å². The van der Waals surface area contributed by atoms with E-state index >= 15 is 0 Å². The number of hydrogen-bond acceptors (Lipinski definition) is 3. The Morgan fingerprint density at radius 1 is 1.50 bits per heavy atom. The molecule has 0 fully saturated rings. The number of anilines is 1. The van der Waals surface area contributed by atoms with E-state index in [4.69, 9.17) is 9.29 Å². The molecule has 6 heteroatoms. The molecule has 2 atom stereocenters. The van der Waals surface area contributed by atoms with Crippen LogP contribution in [0.5, 0.6) is 5.75 Å². The van der Waals surface area contributed by atoms with Crippen molar-refractivity contribution in [1.82, 2.24) is 0 Å². The van der Waals surface area contributed by atoms with E-state index in [0.29, 0.717) is 11.4 Å². The Bertz CT molecular complexity index is 474. The largest absolute Gasteiger partial charge is 0.479 e. The lowest BCUT2D eigenvalue weighted by molar-refractivity contribution is -0.125. The Morgan fingerprint density at radius 2 is 2.19 bits per heavy atom. The molecular formula is C10H11NO4S. The number of carbonyl (C=O) groups excluding carboxylic acids is 1. The van der Waals surface area contributed by atoms with Crippen LogP contribution in [0.4, 0.5) is 5.69 Å². The maximum atomic E-state index is 11.6. The van der Waals surface area contributed by atoms with Crippen LogP contribution >= 0.6 is 0 Å². The molecule has 1 N–H and O–H groups in total. The fourth-order valence-electron chi connectivity index (χ4n) is 1.60. The van der Waals surface area contributed by atoms with Crippen LogP contribution in [-0.4, -0.2) is 27.8 Å². The predicted octanol–water partition coefficient (Wildman–Crippen LogP) is 1.01. The predicted molar refractivity (Wildman–Crippen MR) is 59.0 cm³/mol. The first-order valence-corrected chi connectivity index (χ1v) is 5.80. The summed E-state index contributed by atoms with van der Waals surface area (Å²) in [6, 6.07) is 4.58. The van der Waals surface area contributed by atoms with Gasteiger partial charge >= 0.3 is 0 Å². The molecule has 0 aliphatic carbocycles. The first-order valence-electron chi connectivity index (χ1n) is 4.70. The number of likely N-dealkylation sites (N-methyl/N-ethyl adjacent to an activating group) is 1. The van der Waals surface area contributed by atoms with Crippen molar-refractivity contribution in [2.75, 3.05) is 11.9 Å². The highest BCUT2D eigenvalue weighted by Gasteiger charge is 2.29. The third-order valence-electron chi connectivity index (χ3n) is 2.48. The third-order valence-corrected chi connectivity index (χ3v) is 3.13. The highest BCUT2D eigenvalue weighted by Crippen LogP contribution is 2.34. The van der Waals surface area contributed by atoms with E-state index in [9.17, 15) is 9.00 Å². The van der Waals surface area contributed by atoms with Gasteiger partial charge in [0.2, 0.25) is 0 Å². The van der Waals surface area contributed by atoms with E-state index in [1.807, 2.05) is 0 Å². The quantitative estimate of drug-likeness (QED) is 0.745. The molecule has 2 rings (SSSR count). The average molecular weight is 241 g/mol. The van der Waals surface area contributed by atoms with Crippen LogP contribution in [0, 0.1) is 0 Å². The summed E-state index contributed by atoms with van der Waals surface area (Å²) in [5.74, 6) is 0.372. The van der Waals surface area contributed by atoms with Crippen molar-refractivity contribution in [1.29, 1.82) is 0 Å². The molecule has 0 saturated heterocycles. The lowest BCUT2D eigenvalue weighted by Gasteiger charge is -2.30. The number of carbonyl (C=O) groups is 1. The number of nitrogens with zero attached hydrogens (tertiary/aromatic N) is 1. The maximum Gasteiger partial charge on any atom is 0.267 e. The molecule has 0 aromatic heterocycles. The first-order chi connectivity index (χ1) is 7.50. The Labute approximate surface area is 95.3 Å². The molecule has 1 heterocycles. The molecule has 0 radical (unpaired) electrons. The Morgan fingerprint density at radius 3 is 2.81 bits per heavy atom. The summed E-state index contributed by atoms with van der Waals surface area (Å²) in [5.41, 5.74) is 0.517. The van der Waals surface area contributed by atoms with Crippen molar-refractivity contribution in [2.24, 2.45) is 0 Å². The van der Waals surface area contributed by atoms with E-state index < -0.39 is 17.2 Å². The van der Waals surface area contributed by atoms with Gasteiger partial charge in [-0.25, -0.2) is 4.21 Å². The Balaban J connectivity index is 2.50. The molecular weight excluding hydrogens is 230 g/mol. The van der Waals surface area contributed by atoms with Gasteiger partial charge in [-0.3, -0.25) is 4.79 Å². The summed E-state index contributed by atoms with van der Waals surface area (Å²) in [6.07, 6.45) is -0.525. The summed E-state index contributed by atoms with van der Waals surface area (Å²) in [4.78, 5) is 13.3. The lowest BCUT2D eigenvalue weighted by Crippen LogP contribution is -2.42. The number of ether oxygens (including phenoxy) is 1. The molecule has 1 aromatic rings. The molecule has 5 nitrogen and oxygen atoms in total. The van der Waals surface area contributed by atoms with Crippen molar-refractivity contribution in [3.8, 4) is 5.75 Å². The van der Waals surface area contributed by atoms with Gasteiger partial charge in [0, 0.05) is 7.05 Å². The molecule has 1 aromatic carbocycles. The summed E-state index contributed by atoms with van der Waals surface area (Å²) in [5, 5.41) is 0. The van der Waals surface area contributed by atoms with E-state index in [2.05, 4.69) is 0 Å². The van der Waals surface area contributed by atoms with Gasteiger partial charge in [0.05, 0.1) is 10.6 Å². The zero-order valence-electron chi connectivity index (χ0n) is 8.84. The summed E-state index contributed by atoms with van der Waals surface area (Å²) in [6.45, 7) is 1.67. The summed E-state index contributed by atoms with van der Waals surface area (Å²) >= 11 is -2.06. The maximum absolute atomic E-state index is 11.6. The van der Waals surface area contributed by atoms with E-state index in [-0.39, 0.29) is 10.8 Å². The van der Waals surface area contributed by atoms with Crippen molar-refractivity contribution < 1.29 is 18.3 Å². The zero-order valence-corrected chi connectivity index (χ0v) is 9.65. The van der Waals surface area contributed by atoms with E-state index in [1.54, 1.807) is 20.0 Å². The van der Waals surface area contributed by atoms with Gasteiger partial charge < -0.3 is 14.2 Å². The second-order valence-electron chi connectivity index (χ2n) is 3.54. The number of hydrogen-bond donors (Lipinski definition) is 1. The van der Waals surface area contributed by atoms with Gasteiger partial charge in [0.25, 0.3) is 5.91 Å². The van der Waals surface area contributed by atoms with Crippen LogP contribution in [0.1, 0.15) is 6.92 Å². The van der Waals surface area contributed by atoms with E-state index in [0.717, 1.165) is 0 Å². The molecule has 1 amide bonds. The Kier molecular flexibility index (Phi) is 2.69. The minimum Gasteiger partial charge on any atom is -0.479 e. The molecule has 0 bridgehead atoms. The second kappa shape index (κ2) is 3.88. The Hall–Kier alpha value is -1.40. The molecule has 0 spiro atoms. The smallest absolute Gasteiger partial charge is 0.267 e. The van der Waals surface area contributed by atoms with E-state index in [1.165, 1.54) is 17.0 Å². The van der Waals surface area contributed by atoms with Gasteiger partial charge in [0.15, 0.2) is 17.2 Å². The van der Waals surface area contributed by atoms with Gasteiger partial charge in [-0.1, -0.05) is 0 Å². The number of rotatable bonds is 1. The topological polar surface area (TPSA) is 66.8 Å². The summed E-state index contributed by atoms with van der Waals surface area (Å²) in [7, 11) is 1.62. The average Bonchev–Trinajstić information content (AvgIpc) is 2.25. The number of benzene rings is 1. The molecule has 16 heavy (non-hydrogen) atoms. The van der Waals surface area contributed by atoms with Crippen molar-refractivity contribution in [2.45, 2.75) is 17.9 Å². The first kappa shape index (κ1) is 11.1. The fourth-order valence-corrected chi connectivity index (χ4v) is 2.00. The monoisotopic (exact) mass is 241 g/mol.